The Balaban J connectivity index is 1.49. The summed E-state index contributed by atoms with van der Waals surface area (Å²) in [5.41, 5.74) is 3.13. The third kappa shape index (κ3) is 3.54. The first-order valence-corrected chi connectivity index (χ1v) is 9.34. The lowest BCUT2D eigenvalue weighted by molar-refractivity contribution is 0.0454. The quantitative estimate of drug-likeness (QED) is 0.484. The van der Waals surface area contributed by atoms with Gasteiger partial charge in [0.25, 0.3) is 11.6 Å². The number of benzene rings is 1. The lowest BCUT2D eigenvalue weighted by Gasteiger charge is -2.00. The maximum Gasteiger partial charge on any atom is 0.378 e. The molecule has 7 nitrogen and oxygen atoms in total. The summed E-state index contributed by atoms with van der Waals surface area (Å²) in [5, 5.41) is 7.39. The molecule has 0 amide bonds. The lowest BCUT2D eigenvalue weighted by Crippen LogP contribution is -2.08. The molecule has 0 saturated carbocycles. The molecule has 0 spiro atoms. The Bertz CT molecular complexity index is 1150. The van der Waals surface area contributed by atoms with Crippen molar-refractivity contribution in [2.75, 3.05) is 0 Å². The maximum absolute atomic E-state index is 12.3. The smallest absolute Gasteiger partial charge is 0.378 e. The molecule has 0 aliphatic heterocycles. The van der Waals surface area contributed by atoms with E-state index in [1.54, 1.807) is 0 Å². The van der Waals surface area contributed by atoms with Gasteiger partial charge in [0.05, 0.1) is 10.7 Å². The van der Waals surface area contributed by atoms with E-state index in [1.807, 2.05) is 49.6 Å². The van der Waals surface area contributed by atoms with E-state index in [-0.39, 0.29) is 12.4 Å². The van der Waals surface area contributed by atoms with E-state index >= 15 is 0 Å². The number of carbonyl (C=O) groups is 1. The normalized spacial score (nSPS) is 11.1. The van der Waals surface area contributed by atoms with E-state index < -0.39 is 5.97 Å². The number of hydrogen-bond acceptors (Lipinski definition) is 7. The van der Waals surface area contributed by atoms with Gasteiger partial charge in [0, 0.05) is 22.3 Å². The van der Waals surface area contributed by atoms with Gasteiger partial charge in [0.2, 0.25) is 0 Å². The Morgan fingerprint density at radius 2 is 2.04 bits per heavy atom. The standard InChI is InChI=1S/C18H14ClN5O2S/c1-10-7-11(2)24-18(20-10)22-15(23-24)17(25)26-8-12-9-27-16(21-12)13-5-3-4-6-14(13)19/h3-7,9H,8H2,1-2H3. The molecule has 4 aromatic rings. The van der Waals surface area contributed by atoms with Crippen molar-refractivity contribution in [1.82, 2.24) is 24.6 Å². The van der Waals surface area contributed by atoms with Gasteiger partial charge in [-0.3, -0.25) is 0 Å². The van der Waals surface area contributed by atoms with Gasteiger partial charge in [-0.2, -0.15) is 4.98 Å². The Morgan fingerprint density at radius 1 is 1.22 bits per heavy atom. The predicted octanol–water partition coefficient (Wildman–Crippen LogP) is 3.88. The third-order valence-electron chi connectivity index (χ3n) is 3.81. The van der Waals surface area contributed by atoms with E-state index in [4.69, 9.17) is 16.3 Å². The lowest BCUT2D eigenvalue weighted by atomic mass is 10.2. The highest BCUT2D eigenvalue weighted by atomic mass is 35.5. The zero-order valence-corrected chi connectivity index (χ0v) is 16.1. The maximum atomic E-state index is 12.3. The van der Waals surface area contributed by atoms with Gasteiger partial charge in [-0.1, -0.05) is 29.8 Å². The zero-order valence-electron chi connectivity index (χ0n) is 14.5. The number of nitrogens with zero attached hydrogens (tertiary/aromatic N) is 5. The van der Waals surface area contributed by atoms with Crippen LogP contribution >= 0.6 is 22.9 Å². The number of fused-ring (bicyclic) bond motifs is 1. The fourth-order valence-electron chi connectivity index (χ4n) is 2.59. The van der Waals surface area contributed by atoms with Gasteiger partial charge in [-0.15, -0.1) is 16.4 Å². The van der Waals surface area contributed by atoms with Gasteiger partial charge < -0.3 is 4.74 Å². The van der Waals surface area contributed by atoms with Gasteiger partial charge in [-0.05, 0) is 26.0 Å². The summed E-state index contributed by atoms with van der Waals surface area (Å²) in [5.74, 6) is -0.281. The van der Waals surface area contributed by atoms with E-state index in [1.165, 1.54) is 15.9 Å². The van der Waals surface area contributed by atoms with Crippen LogP contribution in [0.4, 0.5) is 0 Å². The van der Waals surface area contributed by atoms with Gasteiger partial charge >= 0.3 is 5.97 Å². The second-order valence-electron chi connectivity index (χ2n) is 5.89. The van der Waals surface area contributed by atoms with Crippen LogP contribution in [0.2, 0.25) is 5.02 Å². The van der Waals surface area contributed by atoms with Crippen LogP contribution in [0.5, 0.6) is 0 Å². The molecule has 3 heterocycles. The highest BCUT2D eigenvalue weighted by molar-refractivity contribution is 7.13. The van der Waals surface area contributed by atoms with E-state index in [0.717, 1.165) is 22.0 Å². The summed E-state index contributed by atoms with van der Waals surface area (Å²) in [4.78, 5) is 25.2. The van der Waals surface area contributed by atoms with E-state index in [0.29, 0.717) is 16.5 Å². The first kappa shape index (κ1) is 17.6. The molecule has 27 heavy (non-hydrogen) atoms. The van der Waals surface area contributed by atoms with Crippen molar-refractivity contribution in [3.8, 4) is 10.6 Å². The predicted molar refractivity (Wildman–Crippen MR) is 102 cm³/mol. The Kier molecular flexibility index (Phi) is 4.59. The fraction of sp³-hybridized carbons (Fsp3) is 0.167. The average molecular weight is 400 g/mol. The highest BCUT2D eigenvalue weighted by Gasteiger charge is 2.17. The van der Waals surface area contributed by atoms with E-state index in [2.05, 4.69) is 20.1 Å². The summed E-state index contributed by atoms with van der Waals surface area (Å²) < 4.78 is 6.82. The number of halogens is 1. The zero-order chi connectivity index (χ0) is 19.0. The number of esters is 1. The summed E-state index contributed by atoms with van der Waals surface area (Å²) in [6.45, 7) is 3.76. The molecule has 0 aliphatic rings. The Hall–Kier alpha value is -2.84. The van der Waals surface area contributed by atoms with Crippen molar-refractivity contribution >= 4 is 34.7 Å². The second-order valence-corrected chi connectivity index (χ2v) is 7.15. The average Bonchev–Trinajstić information content (AvgIpc) is 3.27. The van der Waals surface area contributed by atoms with Crippen LogP contribution in [0.3, 0.4) is 0 Å². The molecule has 0 saturated heterocycles. The SMILES string of the molecule is Cc1cc(C)n2nc(C(=O)OCc3csc(-c4ccccc4Cl)n3)nc2n1. The van der Waals surface area contributed by atoms with Crippen LogP contribution in [0.15, 0.2) is 35.7 Å². The molecule has 0 aliphatic carbocycles. The minimum absolute atomic E-state index is 0.0285. The monoisotopic (exact) mass is 399 g/mol. The number of thiazole rings is 1. The molecule has 3 aromatic heterocycles. The Morgan fingerprint density at radius 3 is 2.85 bits per heavy atom. The molecule has 0 unspecified atom stereocenters. The summed E-state index contributed by atoms with van der Waals surface area (Å²) >= 11 is 7.63. The number of ether oxygens (including phenoxy) is 1. The molecule has 0 atom stereocenters. The van der Waals surface area contributed by atoms with Gasteiger partial charge in [0.15, 0.2) is 0 Å². The molecule has 4 rings (SSSR count). The number of hydrogen-bond donors (Lipinski definition) is 0. The van der Waals surface area contributed by atoms with Crippen LogP contribution < -0.4 is 0 Å². The molecular formula is C18H14ClN5O2S. The third-order valence-corrected chi connectivity index (χ3v) is 5.06. The van der Waals surface area contributed by atoms with Crippen LogP contribution in [-0.4, -0.2) is 30.5 Å². The van der Waals surface area contributed by atoms with Crippen LogP contribution in [0.25, 0.3) is 16.3 Å². The van der Waals surface area contributed by atoms with Crippen molar-refractivity contribution in [3.05, 3.63) is 63.6 Å². The van der Waals surface area contributed by atoms with E-state index in [9.17, 15) is 4.79 Å². The number of carbonyl (C=O) groups excluding carboxylic acids is 1. The minimum atomic E-state index is -0.621. The highest BCUT2D eigenvalue weighted by Crippen LogP contribution is 2.30. The van der Waals surface area contributed by atoms with Gasteiger partial charge in [-0.25, -0.2) is 19.3 Å². The molecular weight excluding hydrogens is 386 g/mol. The number of aromatic nitrogens is 5. The van der Waals surface area contributed by atoms with Crippen LogP contribution in [-0.2, 0) is 11.3 Å². The summed E-state index contributed by atoms with van der Waals surface area (Å²) in [6, 6.07) is 9.33. The molecule has 136 valence electrons. The fourth-order valence-corrected chi connectivity index (χ4v) is 3.71. The van der Waals surface area contributed by atoms with Crippen molar-refractivity contribution < 1.29 is 9.53 Å². The first-order valence-electron chi connectivity index (χ1n) is 8.09. The molecule has 0 radical (unpaired) electrons. The molecule has 0 N–H and O–H groups in total. The second kappa shape index (κ2) is 7.05. The largest absolute Gasteiger partial charge is 0.453 e. The number of aryl methyl sites for hydroxylation is 2. The van der Waals surface area contributed by atoms with Gasteiger partial charge in [0.1, 0.15) is 11.6 Å². The van der Waals surface area contributed by atoms with Crippen molar-refractivity contribution in [2.24, 2.45) is 0 Å². The Labute approximate surface area is 163 Å². The topological polar surface area (TPSA) is 82.3 Å². The number of rotatable bonds is 4. The summed E-state index contributed by atoms with van der Waals surface area (Å²) in [7, 11) is 0. The molecule has 0 fully saturated rings. The van der Waals surface area contributed by atoms with Crippen LogP contribution in [0.1, 0.15) is 27.7 Å². The molecule has 1 aromatic carbocycles. The van der Waals surface area contributed by atoms with Crippen LogP contribution in [0, 0.1) is 13.8 Å². The van der Waals surface area contributed by atoms with Crippen molar-refractivity contribution in [2.45, 2.75) is 20.5 Å². The molecule has 0 bridgehead atoms. The summed E-state index contributed by atoms with van der Waals surface area (Å²) in [6.07, 6.45) is 0. The van der Waals surface area contributed by atoms with Crippen molar-refractivity contribution in [3.63, 3.8) is 0 Å². The first-order chi connectivity index (χ1) is 13.0. The van der Waals surface area contributed by atoms with Crippen molar-refractivity contribution in [1.29, 1.82) is 0 Å². The molecule has 9 heteroatoms. The minimum Gasteiger partial charge on any atom is -0.453 e.